The first-order valence-electron chi connectivity index (χ1n) is 30.7. The molecular formula is C86H62FIr6N15O2-6. The van der Waals surface area contributed by atoms with E-state index in [-0.39, 0.29) is 126 Å². The summed E-state index contributed by atoms with van der Waals surface area (Å²) in [5.74, 6) is -0.278. The van der Waals surface area contributed by atoms with E-state index in [0.717, 1.165) is 67.7 Å². The SMILES string of the molecule is Fc1c[c-]c(-c2ccccn2)cc1.[C-]#N.[C-]#N.[C-]#N.[CH-]=O.[CH-]=O.[Ir+3].[Ir+3].[Ir].[Ir].[Ir].[Ir].[c-]1cccc(-c2ccccc2)c1-c1ccccn1.[c-]1ccccc1-c1ccccn1.[c-]1ccccc1-c1ccccn1.[c-]1ccccc1-n1cccn1.[c-]1ccccc1-n1cccn1.[c-]1ccccc1-n1cncn1.c1ccncc1. The number of rotatable bonds is 8. The van der Waals surface area contributed by atoms with Gasteiger partial charge in [-0.15, -0.1) is 150 Å². The van der Waals surface area contributed by atoms with E-state index >= 15 is 0 Å². The number of para-hydroxylation sites is 3. The summed E-state index contributed by atoms with van der Waals surface area (Å²) in [7, 11) is 0. The van der Waals surface area contributed by atoms with Crippen molar-refractivity contribution in [3.05, 3.63) is 434 Å². The smallest absolute Gasteiger partial charge is 0.545 e. The first-order chi connectivity index (χ1) is 51.6. The van der Waals surface area contributed by atoms with Gasteiger partial charge in [0.2, 0.25) is 0 Å². The second-order valence-corrected chi connectivity index (χ2v) is 19.2. The van der Waals surface area contributed by atoms with Crippen LogP contribution >= 0.6 is 0 Å². The topological polar surface area (TPSA) is 236 Å². The van der Waals surface area contributed by atoms with E-state index in [9.17, 15) is 4.39 Å². The van der Waals surface area contributed by atoms with E-state index in [2.05, 4.69) is 119 Å². The molecule has 0 spiro atoms. The summed E-state index contributed by atoms with van der Waals surface area (Å²) in [6.07, 6.45) is 21.0. The van der Waals surface area contributed by atoms with Gasteiger partial charge in [-0.05, 0) is 88.4 Å². The molecule has 0 unspecified atom stereocenters. The van der Waals surface area contributed by atoms with Crippen LogP contribution in [0.4, 0.5) is 4.39 Å². The molecule has 560 valence electrons. The van der Waals surface area contributed by atoms with Crippen molar-refractivity contribution in [1.29, 1.82) is 15.8 Å². The van der Waals surface area contributed by atoms with Crippen molar-refractivity contribution < 1.29 is 135 Å². The van der Waals surface area contributed by atoms with Crippen LogP contribution in [0.25, 0.3) is 73.2 Å². The molecule has 0 aliphatic rings. The Bertz CT molecular complexity index is 4300. The first-order valence-corrected chi connectivity index (χ1v) is 30.7. The molecule has 0 amide bonds. The maximum atomic E-state index is 12.6. The summed E-state index contributed by atoms with van der Waals surface area (Å²) in [6, 6.07) is 114. The predicted octanol–water partition coefficient (Wildman–Crippen LogP) is 17.2. The maximum Gasteiger partial charge on any atom is 3.00 e. The first kappa shape index (κ1) is 103. The number of pyridine rings is 5. The van der Waals surface area contributed by atoms with Crippen LogP contribution in [0.3, 0.4) is 0 Å². The van der Waals surface area contributed by atoms with Gasteiger partial charge in [0.15, 0.2) is 0 Å². The standard InChI is InChI=1S/C17H12N.C11H7FN.2C11H8N.2C9H7N2.C8H6N3.C5H5N.3CN.2CHO.6Ir/c1-2-8-14(9-3-1)15-10-4-5-11-16(15)17-12-6-7-13-18-17;12-10-6-4-9(5-7-10)11-3-1-2-8-13-11;2*1-2-6-10(7-3-1)11-8-4-5-9-12-11;2*1-2-5-9(6-3-1)11-8-4-7-10-11;1-2-4-8(5-3-1)11-7-9-6-10-11;1-2-4-6-5-3-1;5*1-2;;;;;;/h1-10,12-13H;1-4,6-8H;2*1-6,8-9H;2*1-5,7-8H;1-4,6-7H;1-5H;;;;2*1H;;;;;;/q7*-1;;5*-1;;;;;2*+3. The molecular weight excluding hydrogens is 2450 g/mol. The molecule has 8 heterocycles. The average molecular weight is 2510 g/mol. The van der Waals surface area contributed by atoms with Gasteiger partial charge in [0, 0.05) is 148 Å². The molecule has 16 rings (SSSR count). The van der Waals surface area contributed by atoms with Gasteiger partial charge in [-0.1, -0.05) is 96.1 Å². The number of hydrogen-bond acceptors (Lipinski definition) is 14. The molecule has 0 fully saturated rings. The summed E-state index contributed by atoms with van der Waals surface area (Å²) in [5, 5.41) is 30.9. The van der Waals surface area contributed by atoms with E-state index < -0.39 is 0 Å². The summed E-state index contributed by atoms with van der Waals surface area (Å²) in [4.78, 5) is 40.1. The van der Waals surface area contributed by atoms with Crippen molar-refractivity contribution in [2.24, 2.45) is 0 Å². The van der Waals surface area contributed by atoms with Crippen LogP contribution in [0, 0.1) is 83.8 Å². The zero-order chi connectivity index (χ0) is 74.6. The largest absolute Gasteiger partial charge is 3.00 e. The van der Waals surface area contributed by atoms with Gasteiger partial charge in [0.05, 0.1) is 0 Å². The van der Waals surface area contributed by atoms with Crippen LogP contribution in [0.5, 0.6) is 0 Å². The number of halogens is 1. The van der Waals surface area contributed by atoms with Crippen LogP contribution in [-0.4, -0.2) is 72.8 Å². The maximum absolute atomic E-state index is 12.6. The molecule has 16 aromatic rings. The Labute approximate surface area is 723 Å². The van der Waals surface area contributed by atoms with Crippen molar-refractivity contribution in [2.45, 2.75) is 0 Å². The minimum Gasteiger partial charge on any atom is -0.545 e. The third-order valence-corrected chi connectivity index (χ3v) is 12.7. The van der Waals surface area contributed by atoms with Crippen molar-refractivity contribution in [3.8, 4) is 73.2 Å². The third-order valence-electron chi connectivity index (χ3n) is 12.7. The zero-order valence-electron chi connectivity index (χ0n) is 57.7. The summed E-state index contributed by atoms with van der Waals surface area (Å²) >= 11 is 0. The minimum atomic E-state index is -0.278. The molecule has 17 nitrogen and oxygen atoms in total. The van der Waals surface area contributed by atoms with Crippen molar-refractivity contribution >= 4 is 13.6 Å². The van der Waals surface area contributed by atoms with Crippen molar-refractivity contribution in [1.82, 2.24) is 59.2 Å². The Morgan fingerprint density at radius 2 is 0.682 bits per heavy atom. The Morgan fingerprint density at radius 3 is 1.00 bits per heavy atom. The zero-order valence-corrected chi connectivity index (χ0v) is 72.1. The van der Waals surface area contributed by atoms with Gasteiger partial charge < -0.3 is 65.0 Å². The van der Waals surface area contributed by atoms with Crippen LogP contribution in [0.1, 0.15) is 0 Å². The summed E-state index contributed by atoms with van der Waals surface area (Å²) in [6.45, 7) is 20.8. The predicted molar refractivity (Wildman–Crippen MR) is 397 cm³/mol. The molecule has 0 atom stereocenters. The third kappa shape index (κ3) is 40.1. The molecule has 0 bridgehead atoms. The Kier molecular flexibility index (Phi) is 63.8. The van der Waals surface area contributed by atoms with Crippen molar-refractivity contribution in [2.75, 3.05) is 0 Å². The fraction of sp³-hybridized carbons (Fsp3) is 0. The summed E-state index contributed by atoms with van der Waals surface area (Å²) in [5.41, 5.74) is 12.8. The molecule has 0 saturated heterocycles. The van der Waals surface area contributed by atoms with Gasteiger partial charge in [0.25, 0.3) is 0 Å². The minimum absolute atomic E-state index is 0. The van der Waals surface area contributed by atoms with Gasteiger partial charge in [0.1, 0.15) is 12.7 Å². The summed E-state index contributed by atoms with van der Waals surface area (Å²) < 4.78 is 17.8. The quantitative estimate of drug-likeness (QED) is 0.102. The van der Waals surface area contributed by atoms with E-state index in [1.165, 1.54) is 24.0 Å². The van der Waals surface area contributed by atoms with Crippen LogP contribution in [0.15, 0.2) is 366 Å². The molecule has 0 N–H and O–H groups in total. The van der Waals surface area contributed by atoms with Gasteiger partial charge in [-0.2, -0.15) is 88.1 Å². The van der Waals surface area contributed by atoms with Gasteiger partial charge in [-0.3, -0.25) is 32.3 Å². The molecule has 0 aliphatic carbocycles. The molecule has 110 heavy (non-hydrogen) atoms. The molecule has 8 aromatic carbocycles. The van der Waals surface area contributed by atoms with Gasteiger partial charge >= 0.3 is 40.2 Å². The number of hydrogen-bond donors (Lipinski definition) is 0. The second-order valence-electron chi connectivity index (χ2n) is 19.2. The molecule has 24 heteroatoms. The normalized spacial score (nSPS) is 8.46. The molecule has 0 aliphatic heterocycles. The van der Waals surface area contributed by atoms with Gasteiger partial charge in [-0.25, -0.2) is 9.67 Å². The average Bonchev–Trinajstić information content (AvgIpc) is 1.14. The van der Waals surface area contributed by atoms with E-state index in [0.29, 0.717) is 0 Å². The Hall–Kier alpha value is -11.3. The number of carbonyl (C=O) groups excluding carboxylic acids is 2. The molecule has 0 saturated carbocycles. The Balaban J connectivity index is -0.00000117. The molecule has 8 aromatic heterocycles. The fourth-order valence-electron chi connectivity index (χ4n) is 8.30. The van der Waals surface area contributed by atoms with E-state index in [4.69, 9.17) is 45.1 Å². The van der Waals surface area contributed by atoms with Crippen molar-refractivity contribution in [3.63, 3.8) is 0 Å². The van der Waals surface area contributed by atoms with E-state index in [1.807, 2.05) is 273 Å². The second kappa shape index (κ2) is 68.3. The Morgan fingerprint density at radius 1 is 0.318 bits per heavy atom. The number of aromatic nitrogens is 12. The molecule has 4 radical (unpaired) electrons. The monoisotopic (exact) mass is 2510 g/mol. The number of benzene rings is 8. The van der Waals surface area contributed by atoms with Crippen LogP contribution < -0.4 is 0 Å². The number of nitrogens with zero attached hydrogens (tertiary/aromatic N) is 15. The van der Waals surface area contributed by atoms with Crippen LogP contribution in [-0.2, 0) is 130 Å². The fourth-order valence-corrected chi connectivity index (χ4v) is 8.30. The van der Waals surface area contributed by atoms with E-state index in [1.54, 1.807) is 69.8 Å². The van der Waals surface area contributed by atoms with Crippen LogP contribution in [0.2, 0.25) is 0 Å².